The van der Waals surface area contributed by atoms with Crippen LogP contribution in [0.5, 0.6) is 0 Å². The van der Waals surface area contributed by atoms with Gasteiger partial charge in [0.25, 0.3) is 0 Å². The zero-order valence-electron chi connectivity index (χ0n) is 15.0. The van der Waals surface area contributed by atoms with Crippen molar-refractivity contribution in [2.45, 2.75) is 51.9 Å². The van der Waals surface area contributed by atoms with Crippen molar-refractivity contribution >= 4 is 29.9 Å². The van der Waals surface area contributed by atoms with Crippen molar-refractivity contribution in [3.8, 4) is 0 Å². The van der Waals surface area contributed by atoms with Crippen molar-refractivity contribution in [3.63, 3.8) is 0 Å². The van der Waals surface area contributed by atoms with Crippen molar-refractivity contribution in [2.24, 2.45) is 16.3 Å². The average Bonchev–Trinajstić information content (AvgIpc) is 3.24. The molecule has 1 atom stereocenters. The molecule has 1 aliphatic carbocycles. The highest BCUT2D eigenvalue weighted by atomic mass is 127. The first-order valence-electron chi connectivity index (χ1n) is 9.36. The molecule has 3 aliphatic rings. The number of hydrogen-bond acceptors (Lipinski definition) is 2. The lowest BCUT2D eigenvalue weighted by molar-refractivity contribution is 0.280. The third-order valence-electron chi connectivity index (χ3n) is 6.00. The van der Waals surface area contributed by atoms with Gasteiger partial charge < -0.3 is 15.1 Å². The van der Waals surface area contributed by atoms with Crippen LogP contribution in [0.2, 0.25) is 0 Å². The van der Waals surface area contributed by atoms with Crippen LogP contribution in [-0.2, 0) is 0 Å². The lowest BCUT2D eigenvalue weighted by Crippen LogP contribution is -2.44. The fourth-order valence-corrected chi connectivity index (χ4v) is 4.53. The molecule has 0 radical (unpaired) electrons. The quantitative estimate of drug-likeness (QED) is 0.419. The van der Waals surface area contributed by atoms with Gasteiger partial charge in [0.2, 0.25) is 0 Å². The number of halogens is 1. The van der Waals surface area contributed by atoms with E-state index in [-0.39, 0.29) is 24.0 Å². The van der Waals surface area contributed by atoms with Crippen molar-refractivity contribution < 1.29 is 0 Å². The Morgan fingerprint density at radius 3 is 2.48 bits per heavy atom. The Bertz CT molecular complexity index is 386. The van der Waals surface area contributed by atoms with Gasteiger partial charge in [-0.05, 0) is 56.5 Å². The predicted octanol–water partition coefficient (Wildman–Crippen LogP) is 3.18. The maximum atomic E-state index is 4.55. The molecule has 1 N–H and O–H groups in total. The Hall–Kier alpha value is -0.0400. The normalized spacial score (nSPS) is 28.2. The van der Waals surface area contributed by atoms with E-state index >= 15 is 0 Å². The minimum atomic E-state index is 0. The van der Waals surface area contributed by atoms with Crippen LogP contribution < -0.4 is 5.32 Å². The van der Waals surface area contributed by atoms with Crippen LogP contribution in [0.4, 0.5) is 0 Å². The van der Waals surface area contributed by atoms with Gasteiger partial charge in [-0.2, -0.15) is 0 Å². The minimum absolute atomic E-state index is 0. The zero-order chi connectivity index (χ0) is 15.4. The summed E-state index contributed by atoms with van der Waals surface area (Å²) >= 11 is 0. The molecule has 0 aromatic heterocycles. The Labute approximate surface area is 159 Å². The molecule has 2 aliphatic heterocycles. The van der Waals surface area contributed by atoms with E-state index in [2.05, 4.69) is 27.0 Å². The predicted molar refractivity (Wildman–Crippen MR) is 109 cm³/mol. The van der Waals surface area contributed by atoms with Gasteiger partial charge in [0, 0.05) is 33.2 Å². The first kappa shape index (κ1) is 19.3. The maximum Gasteiger partial charge on any atom is 0.193 e. The second kappa shape index (κ2) is 8.88. The first-order valence-corrected chi connectivity index (χ1v) is 9.36. The van der Waals surface area contributed by atoms with Crippen LogP contribution in [0.15, 0.2) is 4.99 Å². The zero-order valence-corrected chi connectivity index (χ0v) is 17.3. The molecular weight excluding hydrogens is 399 g/mol. The molecule has 0 aromatic carbocycles. The molecule has 1 unspecified atom stereocenters. The monoisotopic (exact) mass is 434 g/mol. The van der Waals surface area contributed by atoms with Crippen LogP contribution in [0.1, 0.15) is 51.9 Å². The fourth-order valence-electron chi connectivity index (χ4n) is 4.53. The number of hydrogen-bond donors (Lipinski definition) is 1. The van der Waals surface area contributed by atoms with Gasteiger partial charge in [-0.3, -0.25) is 4.99 Å². The molecule has 4 nitrogen and oxygen atoms in total. The lowest BCUT2D eigenvalue weighted by Gasteiger charge is -2.28. The summed E-state index contributed by atoms with van der Waals surface area (Å²) < 4.78 is 0. The summed E-state index contributed by atoms with van der Waals surface area (Å²) in [7, 11) is 1.94. The fraction of sp³-hybridized carbons (Fsp3) is 0.944. The summed E-state index contributed by atoms with van der Waals surface area (Å²) in [4.78, 5) is 9.69. The summed E-state index contributed by atoms with van der Waals surface area (Å²) in [5.74, 6) is 1.97. The molecule has 0 amide bonds. The van der Waals surface area contributed by atoms with Crippen molar-refractivity contribution in [1.29, 1.82) is 0 Å². The van der Waals surface area contributed by atoms with Crippen molar-refractivity contribution in [1.82, 2.24) is 15.1 Å². The molecule has 3 fully saturated rings. The molecule has 2 saturated heterocycles. The average molecular weight is 434 g/mol. The van der Waals surface area contributed by atoms with Crippen LogP contribution in [0.3, 0.4) is 0 Å². The summed E-state index contributed by atoms with van der Waals surface area (Å²) in [5.41, 5.74) is 0.491. The standard InChI is InChI=1S/C18H34N4.HI/c1-18(8-3-4-9-18)15-20-17(19-2)22-12-7-16(14-22)13-21-10-5-6-11-21;/h16H,3-15H2,1-2H3,(H,19,20);1H. The summed E-state index contributed by atoms with van der Waals surface area (Å²) in [6.45, 7) is 9.82. The molecule has 0 spiro atoms. The van der Waals surface area contributed by atoms with Gasteiger partial charge in [0.15, 0.2) is 5.96 Å². The Morgan fingerprint density at radius 1 is 1.13 bits per heavy atom. The molecule has 0 bridgehead atoms. The number of aliphatic imine (C=N–C) groups is 1. The first-order chi connectivity index (χ1) is 10.7. The Balaban J connectivity index is 0.00000192. The van der Waals surface area contributed by atoms with E-state index in [1.54, 1.807) is 0 Å². The highest BCUT2D eigenvalue weighted by Crippen LogP contribution is 2.36. The number of nitrogens with zero attached hydrogens (tertiary/aromatic N) is 3. The molecular formula is C18H35IN4. The molecule has 3 rings (SSSR count). The van der Waals surface area contributed by atoms with Crippen LogP contribution >= 0.6 is 24.0 Å². The molecule has 1 saturated carbocycles. The number of rotatable bonds is 4. The topological polar surface area (TPSA) is 30.9 Å². The van der Waals surface area contributed by atoms with Gasteiger partial charge in [0.1, 0.15) is 0 Å². The Morgan fingerprint density at radius 2 is 1.83 bits per heavy atom. The van der Waals surface area contributed by atoms with E-state index < -0.39 is 0 Å². The number of guanidine groups is 1. The van der Waals surface area contributed by atoms with Gasteiger partial charge in [0.05, 0.1) is 0 Å². The summed E-state index contributed by atoms with van der Waals surface area (Å²) in [6.07, 6.45) is 9.67. The third kappa shape index (κ3) is 5.21. The minimum Gasteiger partial charge on any atom is -0.356 e. The molecule has 134 valence electrons. The van der Waals surface area contributed by atoms with Gasteiger partial charge in [-0.1, -0.05) is 19.8 Å². The van der Waals surface area contributed by atoms with E-state index in [9.17, 15) is 0 Å². The van der Waals surface area contributed by atoms with E-state index in [0.717, 1.165) is 18.4 Å². The van der Waals surface area contributed by atoms with E-state index in [1.807, 2.05) is 7.05 Å². The number of nitrogens with one attached hydrogen (secondary N) is 1. The third-order valence-corrected chi connectivity index (χ3v) is 6.00. The van der Waals surface area contributed by atoms with E-state index in [0.29, 0.717) is 5.41 Å². The second-order valence-electron chi connectivity index (χ2n) is 8.03. The summed E-state index contributed by atoms with van der Waals surface area (Å²) in [6, 6.07) is 0. The highest BCUT2D eigenvalue weighted by Gasteiger charge is 2.31. The van der Waals surface area contributed by atoms with Gasteiger partial charge in [-0.25, -0.2) is 0 Å². The van der Waals surface area contributed by atoms with Crippen LogP contribution in [0.25, 0.3) is 0 Å². The van der Waals surface area contributed by atoms with E-state index in [1.165, 1.54) is 77.7 Å². The Kier molecular flexibility index (Phi) is 7.45. The largest absolute Gasteiger partial charge is 0.356 e. The van der Waals surface area contributed by atoms with Crippen LogP contribution in [0, 0.1) is 11.3 Å². The SMILES string of the molecule is CN=C(NCC1(C)CCCC1)N1CCC(CN2CCCC2)C1.I. The van der Waals surface area contributed by atoms with Crippen molar-refractivity contribution in [2.75, 3.05) is 46.3 Å². The van der Waals surface area contributed by atoms with Gasteiger partial charge >= 0.3 is 0 Å². The summed E-state index contributed by atoms with van der Waals surface area (Å²) in [5, 5.41) is 3.67. The smallest absolute Gasteiger partial charge is 0.193 e. The van der Waals surface area contributed by atoms with Crippen molar-refractivity contribution in [3.05, 3.63) is 0 Å². The molecule has 5 heteroatoms. The van der Waals surface area contributed by atoms with E-state index in [4.69, 9.17) is 0 Å². The van der Waals surface area contributed by atoms with Crippen LogP contribution in [-0.4, -0.2) is 62.1 Å². The highest BCUT2D eigenvalue weighted by molar-refractivity contribution is 14.0. The molecule has 2 heterocycles. The molecule has 23 heavy (non-hydrogen) atoms. The maximum absolute atomic E-state index is 4.55. The lowest BCUT2D eigenvalue weighted by atomic mass is 9.89. The number of likely N-dealkylation sites (tertiary alicyclic amines) is 2. The second-order valence-corrected chi connectivity index (χ2v) is 8.03. The molecule has 0 aromatic rings. The van der Waals surface area contributed by atoms with Gasteiger partial charge in [-0.15, -0.1) is 24.0 Å².